The Hall–Kier alpha value is -3.41. The quantitative estimate of drug-likeness (QED) is 0.751. The minimum absolute atomic E-state index is 0.0788. The Labute approximate surface area is 144 Å². The Bertz CT molecular complexity index is 930. The molecule has 0 aliphatic rings. The van der Waals surface area contributed by atoms with E-state index in [1.54, 1.807) is 24.3 Å². The molecule has 1 amide bonds. The Morgan fingerprint density at radius 3 is 2.72 bits per heavy atom. The van der Waals surface area contributed by atoms with Crippen LogP contribution >= 0.6 is 0 Å². The molecule has 2 N–H and O–H groups in total. The van der Waals surface area contributed by atoms with Crippen molar-refractivity contribution in [3.05, 3.63) is 76.6 Å². The molecule has 25 heavy (non-hydrogen) atoms. The first kappa shape index (κ1) is 16.4. The highest BCUT2D eigenvalue weighted by Crippen LogP contribution is 2.19. The number of aryl methyl sites for hydroxylation is 1. The van der Waals surface area contributed by atoms with Gasteiger partial charge in [0, 0.05) is 17.3 Å². The van der Waals surface area contributed by atoms with Crippen LogP contribution in [0, 0.1) is 6.92 Å². The maximum Gasteiger partial charge on any atom is 0.264 e. The van der Waals surface area contributed by atoms with Crippen LogP contribution in [0.25, 0.3) is 11.3 Å². The highest BCUT2D eigenvalue weighted by atomic mass is 16.5. The number of aromatic nitrogens is 2. The van der Waals surface area contributed by atoms with Crippen molar-refractivity contribution in [2.45, 2.75) is 6.92 Å². The molecule has 0 radical (unpaired) electrons. The number of hydrogen-bond donors (Lipinski definition) is 2. The summed E-state index contributed by atoms with van der Waals surface area (Å²) in [5.74, 6) is 0.398. The molecule has 0 atom stereocenters. The number of benzene rings is 2. The molecule has 0 aliphatic carbocycles. The molecule has 6 heteroatoms. The second kappa shape index (κ2) is 7.44. The molecule has 0 saturated carbocycles. The highest BCUT2D eigenvalue weighted by Gasteiger charge is 2.06. The van der Waals surface area contributed by atoms with Crippen molar-refractivity contribution < 1.29 is 9.53 Å². The van der Waals surface area contributed by atoms with Gasteiger partial charge in [0.15, 0.2) is 6.61 Å². The second-order valence-corrected chi connectivity index (χ2v) is 5.54. The third-order valence-corrected chi connectivity index (χ3v) is 3.48. The van der Waals surface area contributed by atoms with E-state index < -0.39 is 0 Å². The van der Waals surface area contributed by atoms with Gasteiger partial charge in [0.2, 0.25) is 0 Å². The molecule has 2 aromatic carbocycles. The number of nitrogens with one attached hydrogen (secondary N) is 2. The minimum Gasteiger partial charge on any atom is -0.484 e. The number of hydrogen-bond acceptors (Lipinski definition) is 4. The van der Waals surface area contributed by atoms with E-state index in [1.165, 1.54) is 6.07 Å². The van der Waals surface area contributed by atoms with Crippen LogP contribution in [0.4, 0.5) is 5.69 Å². The Morgan fingerprint density at radius 1 is 1.12 bits per heavy atom. The number of anilines is 1. The van der Waals surface area contributed by atoms with Crippen LogP contribution in [0.2, 0.25) is 0 Å². The lowest BCUT2D eigenvalue weighted by Gasteiger charge is -2.09. The van der Waals surface area contributed by atoms with E-state index >= 15 is 0 Å². The molecule has 0 fully saturated rings. The summed E-state index contributed by atoms with van der Waals surface area (Å²) < 4.78 is 5.48. The maximum atomic E-state index is 12.1. The Kier molecular flexibility index (Phi) is 4.89. The minimum atomic E-state index is -0.262. The molecular weight excluding hydrogens is 318 g/mol. The van der Waals surface area contributed by atoms with E-state index in [0.717, 1.165) is 11.1 Å². The average molecular weight is 335 g/mol. The lowest BCUT2D eigenvalue weighted by atomic mass is 10.1. The van der Waals surface area contributed by atoms with Crippen molar-refractivity contribution in [1.29, 1.82) is 0 Å². The van der Waals surface area contributed by atoms with Gasteiger partial charge in [-0.15, -0.1) is 0 Å². The molecule has 3 aromatic rings. The van der Waals surface area contributed by atoms with Crippen LogP contribution in [0.15, 0.2) is 65.5 Å². The van der Waals surface area contributed by atoms with E-state index in [4.69, 9.17) is 4.74 Å². The predicted molar refractivity (Wildman–Crippen MR) is 95.6 cm³/mol. The van der Waals surface area contributed by atoms with Crippen molar-refractivity contribution in [3.8, 4) is 17.0 Å². The zero-order valence-electron chi connectivity index (χ0n) is 13.7. The van der Waals surface area contributed by atoms with Gasteiger partial charge in [-0.25, -0.2) is 5.10 Å². The number of ether oxygens (including phenoxy) is 1. The van der Waals surface area contributed by atoms with E-state index in [-0.39, 0.29) is 18.1 Å². The summed E-state index contributed by atoms with van der Waals surface area (Å²) in [5.41, 5.74) is 2.84. The van der Waals surface area contributed by atoms with Crippen LogP contribution in [0.5, 0.6) is 5.75 Å². The summed E-state index contributed by atoms with van der Waals surface area (Å²) in [7, 11) is 0. The SMILES string of the molecule is Cc1cccc(OCC(=O)Nc2cccc(-c3ccc(=O)[nH]n3)c2)c1. The average Bonchev–Trinajstić information content (AvgIpc) is 2.61. The van der Waals surface area contributed by atoms with Gasteiger partial charge in [-0.1, -0.05) is 24.3 Å². The van der Waals surface area contributed by atoms with Gasteiger partial charge >= 0.3 is 0 Å². The van der Waals surface area contributed by atoms with Crippen molar-refractivity contribution in [2.24, 2.45) is 0 Å². The van der Waals surface area contributed by atoms with Gasteiger partial charge in [0.05, 0.1) is 5.69 Å². The maximum absolute atomic E-state index is 12.1. The molecule has 0 aliphatic heterocycles. The van der Waals surface area contributed by atoms with E-state index in [1.807, 2.05) is 37.3 Å². The molecule has 126 valence electrons. The van der Waals surface area contributed by atoms with E-state index in [2.05, 4.69) is 15.5 Å². The molecule has 0 bridgehead atoms. The van der Waals surface area contributed by atoms with E-state index in [0.29, 0.717) is 17.1 Å². The van der Waals surface area contributed by atoms with Gasteiger partial charge < -0.3 is 10.1 Å². The van der Waals surface area contributed by atoms with Crippen molar-refractivity contribution >= 4 is 11.6 Å². The van der Waals surface area contributed by atoms with Crippen molar-refractivity contribution in [1.82, 2.24) is 10.2 Å². The number of nitrogens with zero attached hydrogens (tertiary/aromatic N) is 1. The number of rotatable bonds is 5. The van der Waals surface area contributed by atoms with Crippen LogP contribution in [0.1, 0.15) is 5.56 Å². The number of aromatic amines is 1. The third-order valence-electron chi connectivity index (χ3n) is 3.48. The van der Waals surface area contributed by atoms with E-state index in [9.17, 15) is 9.59 Å². The lowest BCUT2D eigenvalue weighted by Crippen LogP contribution is -2.20. The standard InChI is InChI=1S/C19H17N3O3/c1-13-4-2-7-16(10-13)25-12-19(24)20-15-6-3-5-14(11-15)17-8-9-18(23)22-21-17/h2-11H,12H2,1H3,(H,20,24)(H,22,23). The molecule has 1 aromatic heterocycles. The summed E-state index contributed by atoms with van der Waals surface area (Å²) in [6, 6.07) is 17.8. The predicted octanol–water partition coefficient (Wildman–Crippen LogP) is 2.76. The van der Waals surface area contributed by atoms with Crippen molar-refractivity contribution in [2.75, 3.05) is 11.9 Å². The fraction of sp³-hybridized carbons (Fsp3) is 0.105. The van der Waals surface area contributed by atoms with Gasteiger partial charge in [-0.05, 0) is 42.8 Å². The molecule has 0 saturated heterocycles. The molecule has 0 spiro atoms. The first-order valence-corrected chi connectivity index (χ1v) is 7.76. The molecular formula is C19H17N3O3. The third kappa shape index (κ3) is 4.54. The van der Waals surface area contributed by atoms with Crippen molar-refractivity contribution in [3.63, 3.8) is 0 Å². The van der Waals surface area contributed by atoms with Gasteiger partial charge in [0.25, 0.3) is 11.5 Å². The second-order valence-electron chi connectivity index (χ2n) is 5.54. The molecule has 6 nitrogen and oxygen atoms in total. The smallest absolute Gasteiger partial charge is 0.264 e. The summed E-state index contributed by atoms with van der Waals surface area (Å²) in [6.07, 6.45) is 0. The summed E-state index contributed by atoms with van der Waals surface area (Å²) >= 11 is 0. The number of carbonyl (C=O) groups excluding carboxylic acids is 1. The highest BCUT2D eigenvalue weighted by molar-refractivity contribution is 5.92. The monoisotopic (exact) mass is 335 g/mol. The topological polar surface area (TPSA) is 84.1 Å². The fourth-order valence-electron chi connectivity index (χ4n) is 2.31. The van der Waals surface area contributed by atoms with Crippen LogP contribution in [0.3, 0.4) is 0 Å². The number of carbonyl (C=O) groups is 1. The largest absolute Gasteiger partial charge is 0.484 e. The zero-order chi connectivity index (χ0) is 17.6. The molecule has 1 heterocycles. The van der Waals surface area contributed by atoms with Gasteiger partial charge in [-0.3, -0.25) is 9.59 Å². The molecule has 0 unspecified atom stereocenters. The summed E-state index contributed by atoms with van der Waals surface area (Å²) in [5, 5.41) is 9.15. The summed E-state index contributed by atoms with van der Waals surface area (Å²) in [6.45, 7) is 1.88. The zero-order valence-corrected chi connectivity index (χ0v) is 13.7. The first-order valence-electron chi connectivity index (χ1n) is 7.76. The number of amides is 1. The van der Waals surface area contributed by atoms with Crippen LogP contribution < -0.4 is 15.6 Å². The normalized spacial score (nSPS) is 10.3. The van der Waals surface area contributed by atoms with Crippen LogP contribution in [-0.2, 0) is 4.79 Å². The van der Waals surface area contributed by atoms with Gasteiger partial charge in [-0.2, -0.15) is 5.10 Å². The number of H-pyrrole nitrogens is 1. The fourth-order valence-corrected chi connectivity index (χ4v) is 2.31. The summed E-state index contributed by atoms with van der Waals surface area (Å²) in [4.78, 5) is 23.2. The van der Waals surface area contributed by atoms with Crippen LogP contribution in [-0.4, -0.2) is 22.7 Å². The first-order chi connectivity index (χ1) is 12.1. The molecule has 3 rings (SSSR count). The van der Waals surface area contributed by atoms with Gasteiger partial charge in [0.1, 0.15) is 5.75 Å². The lowest BCUT2D eigenvalue weighted by molar-refractivity contribution is -0.118. The Morgan fingerprint density at radius 2 is 1.96 bits per heavy atom. The Balaban J connectivity index is 1.64.